The summed E-state index contributed by atoms with van der Waals surface area (Å²) in [5, 5.41) is 5.10. The number of benzene rings is 2. The molecule has 2 rings (SSSR count). The number of hydrogen-bond acceptors (Lipinski definition) is 4. The number of urea groups is 1. The second-order valence-electron chi connectivity index (χ2n) is 5.45. The van der Waals surface area contributed by atoms with Gasteiger partial charge in [-0.25, -0.2) is 9.59 Å². The number of anilines is 1. The van der Waals surface area contributed by atoms with E-state index in [0.29, 0.717) is 10.7 Å². The molecule has 26 heavy (non-hydrogen) atoms. The summed E-state index contributed by atoms with van der Waals surface area (Å²) in [5.41, 5.74) is 2.50. The quantitative estimate of drug-likeness (QED) is 0.763. The fraction of sp³-hybridized carbons (Fsp3) is 0.167. The van der Waals surface area contributed by atoms with Gasteiger partial charge in [-0.3, -0.25) is 10.1 Å². The molecule has 0 aliphatic rings. The number of hydrogen-bond donors (Lipinski definition) is 2. The highest BCUT2D eigenvalue weighted by Crippen LogP contribution is 2.21. The Morgan fingerprint density at radius 2 is 1.81 bits per heavy atom. The molecule has 0 atom stereocenters. The molecule has 0 aromatic heterocycles. The van der Waals surface area contributed by atoms with E-state index in [9.17, 15) is 14.4 Å². The number of ether oxygens (including phenoxy) is 1. The topological polar surface area (TPSA) is 84.5 Å². The van der Waals surface area contributed by atoms with Crippen molar-refractivity contribution in [3.63, 3.8) is 0 Å². The summed E-state index contributed by atoms with van der Waals surface area (Å²) in [7, 11) is 0. The zero-order valence-corrected chi connectivity index (χ0v) is 15.6. The van der Waals surface area contributed by atoms with Gasteiger partial charge in [-0.05, 0) is 49.2 Å². The molecule has 0 bridgehead atoms. The van der Waals surface area contributed by atoms with Gasteiger partial charge in [-0.2, -0.15) is 0 Å². The highest BCUT2D eigenvalue weighted by atomic mass is 35.5. The summed E-state index contributed by atoms with van der Waals surface area (Å²) < 4.78 is 4.85. The molecule has 0 fully saturated rings. The maximum atomic E-state index is 11.9. The second-order valence-corrected chi connectivity index (χ2v) is 6.29. The van der Waals surface area contributed by atoms with Crippen molar-refractivity contribution in [2.45, 2.75) is 13.8 Å². The Morgan fingerprint density at radius 3 is 2.54 bits per heavy atom. The summed E-state index contributed by atoms with van der Waals surface area (Å²) in [5.74, 6) is -1.60. The Hall–Kier alpha value is -2.57. The third kappa shape index (κ3) is 5.21. The lowest BCUT2D eigenvalue weighted by atomic mass is 10.1. The number of carbonyl (C=O) groups is 3. The monoisotopic (exact) mass is 394 g/mol. The maximum Gasteiger partial charge on any atom is 0.340 e. The SMILES string of the molecule is Cc1cccc(NC(=O)NC(=O)COC(=O)c2cc(Cl)ccc2Cl)c1C. The van der Waals surface area contributed by atoms with Crippen LogP contribution in [0.3, 0.4) is 0 Å². The predicted octanol–water partition coefficient (Wildman–Crippen LogP) is 4.12. The Labute approximate surface area is 160 Å². The first kappa shape index (κ1) is 19.8. The van der Waals surface area contributed by atoms with Crippen LogP contribution in [0.25, 0.3) is 0 Å². The van der Waals surface area contributed by atoms with Crippen LogP contribution in [-0.2, 0) is 9.53 Å². The molecule has 0 saturated heterocycles. The van der Waals surface area contributed by atoms with Gasteiger partial charge in [-0.15, -0.1) is 0 Å². The van der Waals surface area contributed by atoms with E-state index in [1.165, 1.54) is 18.2 Å². The molecular weight excluding hydrogens is 379 g/mol. The number of aryl methyl sites for hydroxylation is 1. The van der Waals surface area contributed by atoms with E-state index in [1.807, 2.05) is 19.9 Å². The van der Waals surface area contributed by atoms with Crippen LogP contribution in [0, 0.1) is 13.8 Å². The minimum absolute atomic E-state index is 0.0341. The maximum absolute atomic E-state index is 11.9. The third-order valence-electron chi connectivity index (χ3n) is 3.59. The first-order valence-corrected chi connectivity index (χ1v) is 8.32. The predicted molar refractivity (Wildman–Crippen MR) is 99.8 cm³/mol. The molecule has 0 radical (unpaired) electrons. The molecule has 2 N–H and O–H groups in total. The number of rotatable bonds is 4. The highest BCUT2D eigenvalue weighted by Gasteiger charge is 2.16. The van der Waals surface area contributed by atoms with Crippen LogP contribution in [0.15, 0.2) is 36.4 Å². The van der Waals surface area contributed by atoms with E-state index in [1.54, 1.807) is 12.1 Å². The molecule has 2 aromatic carbocycles. The number of esters is 1. The van der Waals surface area contributed by atoms with Crippen molar-refractivity contribution in [1.82, 2.24) is 5.32 Å². The Kier molecular flexibility index (Phi) is 6.60. The Morgan fingerprint density at radius 1 is 1.08 bits per heavy atom. The lowest BCUT2D eigenvalue weighted by Gasteiger charge is -2.11. The van der Waals surface area contributed by atoms with Gasteiger partial charge in [-0.1, -0.05) is 35.3 Å². The molecule has 2 aromatic rings. The van der Waals surface area contributed by atoms with Gasteiger partial charge in [0.1, 0.15) is 0 Å². The average Bonchev–Trinajstić information content (AvgIpc) is 2.59. The van der Waals surface area contributed by atoms with Crippen molar-refractivity contribution in [2.75, 3.05) is 11.9 Å². The van der Waals surface area contributed by atoms with Crippen molar-refractivity contribution in [3.05, 3.63) is 63.1 Å². The lowest BCUT2D eigenvalue weighted by molar-refractivity contribution is -0.123. The minimum Gasteiger partial charge on any atom is -0.452 e. The number of imide groups is 1. The summed E-state index contributed by atoms with van der Waals surface area (Å²) in [6, 6.07) is 8.98. The zero-order valence-electron chi connectivity index (χ0n) is 14.1. The zero-order chi connectivity index (χ0) is 19.3. The Balaban J connectivity index is 1.88. The van der Waals surface area contributed by atoms with Crippen LogP contribution in [0.2, 0.25) is 10.0 Å². The molecule has 0 aliphatic heterocycles. The smallest absolute Gasteiger partial charge is 0.340 e. The largest absolute Gasteiger partial charge is 0.452 e. The molecule has 0 saturated carbocycles. The molecule has 3 amide bonds. The van der Waals surface area contributed by atoms with E-state index < -0.39 is 24.5 Å². The highest BCUT2D eigenvalue weighted by molar-refractivity contribution is 6.35. The lowest BCUT2D eigenvalue weighted by Crippen LogP contribution is -2.37. The van der Waals surface area contributed by atoms with Crippen molar-refractivity contribution in [3.8, 4) is 0 Å². The molecule has 0 unspecified atom stereocenters. The van der Waals surface area contributed by atoms with E-state index in [0.717, 1.165) is 11.1 Å². The summed E-state index contributed by atoms with van der Waals surface area (Å²) in [4.78, 5) is 35.6. The number of carbonyl (C=O) groups excluding carboxylic acids is 3. The van der Waals surface area contributed by atoms with Crippen molar-refractivity contribution >= 4 is 46.8 Å². The number of halogens is 2. The van der Waals surface area contributed by atoms with Gasteiger partial charge < -0.3 is 10.1 Å². The van der Waals surface area contributed by atoms with Crippen molar-refractivity contribution in [2.24, 2.45) is 0 Å². The number of amides is 3. The normalized spacial score (nSPS) is 10.2. The van der Waals surface area contributed by atoms with Gasteiger partial charge in [0.05, 0.1) is 10.6 Å². The van der Waals surface area contributed by atoms with Crippen LogP contribution in [0.1, 0.15) is 21.5 Å². The van der Waals surface area contributed by atoms with Crippen molar-refractivity contribution < 1.29 is 19.1 Å². The van der Waals surface area contributed by atoms with Gasteiger partial charge in [0.25, 0.3) is 5.91 Å². The van der Waals surface area contributed by atoms with Crippen LogP contribution in [-0.4, -0.2) is 24.5 Å². The van der Waals surface area contributed by atoms with E-state index >= 15 is 0 Å². The van der Waals surface area contributed by atoms with E-state index in [-0.39, 0.29) is 10.6 Å². The van der Waals surface area contributed by atoms with Crippen LogP contribution in [0.4, 0.5) is 10.5 Å². The molecule has 6 nitrogen and oxygen atoms in total. The summed E-state index contributed by atoms with van der Waals surface area (Å²) in [6.07, 6.45) is 0. The van der Waals surface area contributed by atoms with Crippen LogP contribution in [0.5, 0.6) is 0 Å². The molecule has 136 valence electrons. The van der Waals surface area contributed by atoms with E-state index in [2.05, 4.69) is 10.6 Å². The molecule has 0 aliphatic carbocycles. The van der Waals surface area contributed by atoms with Crippen molar-refractivity contribution in [1.29, 1.82) is 0 Å². The average molecular weight is 395 g/mol. The van der Waals surface area contributed by atoms with Crippen LogP contribution < -0.4 is 10.6 Å². The van der Waals surface area contributed by atoms with E-state index in [4.69, 9.17) is 27.9 Å². The standard InChI is InChI=1S/C18H16Cl2N2O4/c1-10-4-3-5-15(11(10)2)21-18(25)22-16(23)9-26-17(24)13-8-12(19)6-7-14(13)20/h3-8H,9H2,1-2H3,(H2,21,22,23,25). The van der Waals surface area contributed by atoms with Crippen LogP contribution >= 0.6 is 23.2 Å². The fourth-order valence-corrected chi connectivity index (χ4v) is 2.43. The van der Waals surface area contributed by atoms with Gasteiger partial charge in [0.15, 0.2) is 6.61 Å². The molecule has 8 heteroatoms. The summed E-state index contributed by atoms with van der Waals surface area (Å²) >= 11 is 11.7. The number of nitrogens with one attached hydrogen (secondary N) is 2. The Bertz CT molecular complexity index is 868. The summed E-state index contributed by atoms with van der Waals surface area (Å²) in [6.45, 7) is 3.12. The van der Waals surface area contributed by atoms with Gasteiger partial charge in [0.2, 0.25) is 0 Å². The first-order chi connectivity index (χ1) is 12.3. The minimum atomic E-state index is -0.817. The van der Waals surface area contributed by atoms with Gasteiger partial charge in [0, 0.05) is 10.7 Å². The second kappa shape index (κ2) is 8.69. The third-order valence-corrected chi connectivity index (χ3v) is 4.15. The molecule has 0 heterocycles. The fourth-order valence-electron chi connectivity index (χ4n) is 2.07. The molecule has 0 spiro atoms. The first-order valence-electron chi connectivity index (χ1n) is 7.57. The molecular formula is C18H16Cl2N2O4. The van der Waals surface area contributed by atoms with Gasteiger partial charge >= 0.3 is 12.0 Å².